The molecule has 0 amide bonds. The standard InChI is InChI=1S/C16H18Cl3N3O/c1-5-6-23-9-13-20-15(16(2,3)4)21-22(13)14-11(18)7-10(17)8-12(14)19/h5,7-8H,1,6,9H2,2-4H3. The van der Waals surface area contributed by atoms with E-state index in [1.807, 2.05) is 20.8 Å². The van der Waals surface area contributed by atoms with Crippen molar-refractivity contribution in [1.82, 2.24) is 14.8 Å². The molecule has 124 valence electrons. The number of ether oxygens (including phenoxy) is 1. The van der Waals surface area contributed by atoms with Crippen LogP contribution in [0.4, 0.5) is 0 Å². The average molecular weight is 375 g/mol. The molecule has 0 spiro atoms. The van der Waals surface area contributed by atoms with E-state index in [2.05, 4.69) is 16.7 Å². The topological polar surface area (TPSA) is 39.9 Å². The van der Waals surface area contributed by atoms with Crippen LogP contribution in [0.3, 0.4) is 0 Å². The van der Waals surface area contributed by atoms with E-state index in [1.54, 1.807) is 22.9 Å². The van der Waals surface area contributed by atoms with Gasteiger partial charge in [0.1, 0.15) is 12.3 Å². The summed E-state index contributed by atoms with van der Waals surface area (Å²) in [4.78, 5) is 4.58. The summed E-state index contributed by atoms with van der Waals surface area (Å²) in [5, 5.41) is 5.83. The van der Waals surface area contributed by atoms with Crippen LogP contribution in [-0.4, -0.2) is 21.4 Å². The highest BCUT2D eigenvalue weighted by Gasteiger charge is 2.24. The lowest BCUT2D eigenvalue weighted by atomic mass is 9.96. The molecule has 0 aliphatic heterocycles. The summed E-state index contributed by atoms with van der Waals surface area (Å²) in [6.45, 7) is 10.4. The number of rotatable bonds is 5. The summed E-state index contributed by atoms with van der Waals surface area (Å²) in [5.41, 5.74) is 0.321. The highest BCUT2D eigenvalue weighted by molar-refractivity contribution is 6.40. The van der Waals surface area contributed by atoms with Gasteiger partial charge in [-0.2, -0.15) is 5.10 Å². The van der Waals surface area contributed by atoms with Crippen molar-refractivity contribution < 1.29 is 4.74 Å². The Kier molecular flexibility index (Phi) is 5.74. The summed E-state index contributed by atoms with van der Waals surface area (Å²) < 4.78 is 7.12. The normalized spacial score (nSPS) is 11.7. The minimum Gasteiger partial charge on any atom is -0.369 e. The third-order valence-electron chi connectivity index (χ3n) is 3.01. The zero-order chi connectivity index (χ0) is 17.2. The number of hydrogen-bond acceptors (Lipinski definition) is 3. The SMILES string of the molecule is C=CCOCc1nc(C(C)(C)C)nn1-c1c(Cl)cc(Cl)cc1Cl. The monoisotopic (exact) mass is 373 g/mol. The Labute approximate surface area is 151 Å². The molecule has 0 atom stereocenters. The maximum Gasteiger partial charge on any atom is 0.158 e. The molecule has 0 unspecified atom stereocenters. The Morgan fingerprint density at radius 2 is 1.83 bits per heavy atom. The highest BCUT2D eigenvalue weighted by atomic mass is 35.5. The first-order valence-corrected chi connectivity index (χ1v) is 8.17. The molecule has 1 heterocycles. The molecule has 2 aromatic rings. The van der Waals surface area contributed by atoms with Gasteiger partial charge in [-0.1, -0.05) is 61.7 Å². The van der Waals surface area contributed by atoms with Crippen LogP contribution in [0.5, 0.6) is 0 Å². The lowest BCUT2D eigenvalue weighted by Crippen LogP contribution is -2.14. The van der Waals surface area contributed by atoms with Gasteiger partial charge in [0.25, 0.3) is 0 Å². The third-order valence-corrected chi connectivity index (χ3v) is 3.80. The van der Waals surface area contributed by atoms with Gasteiger partial charge >= 0.3 is 0 Å². The van der Waals surface area contributed by atoms with E-state index in [-0.39, 0.29) is 12.0 Å². The van der Waals surface area contributed by atoms with Gasteiger partial charge in [-0.3, -0.25) is 0 Å². The summed E-state index contributed by atoms with van der Waals surface area (Å²) in [5.74, 6) is 1.29. The minimum absolute atomic E-state index is 0.218. The number of halogens is 3. The summed E-state index contributed by atoms with van der Waals surface area (Å²) in [6.07, 6.45) is 1.67. The second kappa shape index (κ2) is 7.22. The van der Waals surface area contributed by atoms with Crippen LogP contribution < -0.4 is 0 Å². The third kappa shape index (κ3) is 4.27. The first kappa shape index (κ1) is 18.3. The van der Waals surface area contributed by atoms with Crippen LogP contribution in [0.25, 0.3) is 5.69 Å². The number of benzene rings is 1. The van der Waals surface area contributed by atoms with E-state index in [0.717, 1.165) is 0 Å². The first-order valence-electron chi connectivity index (χ1n) is 7.04. The van der Waals surface area contributed by atoms with Crippen LogP contribution in [0.15, 0.2) is 24.8 Å². The van der Waals surface area contributed by atoms with Crippen molar-refractivity contribution in [3.8, 4) is 5.69 Å². The molecule has 2 rings (SSSR count). The van der Waals surface area contributed by atoms with Crippen LogP contribution in [0, 0.1) is 0 Å². The fourth-order valence-electron chi connectivity index (χ4n) is 1.91. The van der Waals surface area contributed by atoms with Gasteiger partial charge in [0.2, 0.25) is 0 Å². The van der Waals surface area contributed by atoms with Gasteiger partial charge in [-0.05, 0) is 12.1 Å². The van der Waals surface area contributed by atoms with Crippen LogP contribution in [-0.2, 0) is 16.8 Å². The second-order valence-electron chi connectivity index (χ2n) is 6.04. The van der Waals surface area contributed by atoms with Crippen molar-refractivity contribution in [3.05, 3.63) is 51.5 Å². The van der Waals surface area contributed by atoms with Crippen LogP contribution in [0.2, 0.25) is 15.1 Å². The van der Waals surface area contributed by atoms with E-state index in [4.69, 9.17) is 39.5 Å². The van der Waals surface area contributed by atoms with Gasteiger partial charge in [-0.15, -0.1) is 6.58 Å². The van der Waals surface area contributed by atoms with E-state index in [0.29, 0.717) is 39.0 Å². The fraction of sp³-hybridized carbons (Fsp3) is 0.375. The minimum atomic E-state index is -0.218. The maximum atomic E-state index is 6.31. The predicted molar refractivity (Wildman–Crippen MR) is 94.9 cm³/mol. The van der Waals surface area contributed by atoms with Crippen LogP contribution in [0.1, 0.15) is 32.4 Å². The lowest BCUT2D eigenvalue weighted by molar-refractivity contribution is 0.141. The van der Waals surface area contributed by atoms with Crippen molar-refractivity contribution in [3.63, 3.8) is 0 Å². The van der Waals surface area contributed by atoms with E-state index < -0.39 is 0 Å². The molecular weight excluding hydrogens is 357 g/mol. The molecule has 0 aliphatic rings. The average Bonchev–Trinajstić information content (AvgIpc) is 2.82. The highest BCUT2D eigenvalue weighted by Crippen LogP contribution is 2.33. The van der Waals surface area contributed by atoms with Gasteiger partial charge < -0.3 is 4.74 Å². The molecule has 0 bridgehead atoms. The molecule has 1 aromatic heterocycles. The van der Waals surface area contributed by atoms with Crippen molar-refractivity contribution >= 4 is 34.8 Å². The molecule has 0 aliphatic carbocycles. The predicted octanol–water partition coefficient (Wildman–Crippen LogP) is 5.23. The Morgan fingerprint density at radius 1 is 1.22 bits per heavy atom. The lowest BCUT2D eigenvalue weighted by Gasteiger charge is -2.13. The Hall–Kier alpha value is -1.07. The quantitative estimate of drug-likeness (QED) is 0.531. The van der Waals surface area contributed by atoms with Gasteiger partial charge in [0.05, 0.1) is 16.7 Å². The van der Waals surface area contributed by atoms with E-state index in [1.165, 1.54) is 0 Å². The Morgan fingerprint density at radius 3 is 2.35 bits per heavy atom. The molecular formula is C16H18Cl3N3O. The Bertz CT molecular complexity index is 697. The number of aromatic nitrogens is 3. The number of nitrogens with zero attached hydrogens (tertiary/aromatic N) is 3. The number of hydrogen-bond donors (Lipinski definition) is 0. The smallest absolute Gasteiger partial charge is 0.158 e. The van der Waals surface area contributed by atoms with Crippen molar-refractivity contribution in [1.29, 1.82) is 0 Å². The van der Waals surface area contributed by atoms with E-state index >= 15 is 0 Å². The summed E-state index contributed by atoms with van der Waals surface area (Å²) in [7, 11) is 0. The molecule has 4 nitrogen and oxygen atoms in total. The largest absolute Gasteiger partial charge is 0.369 e. The zero-order valence-electron chi connectivity index (χ0n) is 13.2. The molecule has 1 aromatic carbocycles. The second-order valence-corrected chi connectivity index (χ2v) is 7.29. The summed E-state index contributed by atoms with van der Waals surface area (Å²) >= 11 is 18.6. The molecule has 0 N–H and O–H groups in total. The van der Waals surface area contributed by atoms with Gasteiger partial charge in [-0.25, -0.2) is 9.67 Å². The fourth-order valence-corrected chi connectivity index (χ4v) is 2.88. The zero-order valence-corrected chi connectivity index (χ0v) is 15.5. The summed E-state index contributed by atoms with van der Waals surface area (Å²) in [6, 6.07) is 3.24. The van der Waals surface area contributed by atoms with Crippen molar-refractivity contribution in [2.45, 2.75) is 32.8 Å². The molecule has 0 fully saturated rings. The van der Waals surface area contributed by atoms with Gasteiger partial charge in [0, 0.05) is 10.4 Å². The molecule has 23 heavy (non-hydrogen) atoms. The van der Waals surface area contributed by atoms with Crippen molar-refractivity contribution in [2.75, 3.05) is 6.61 Å². The molecule has 0 saturated carbocycles. The molecule has 0 saturated heterocycles. The van der Waals surface area contributed by atoms with E-state index in [9.17, 15) is 0 Å². The molecule has 7 heteroatoms. The Balaban J connectivity index is 2.55. The maximum absolute atomic E-state index is 6.31. The van der Waals surface area contributed by atoms with Crippen molar-refractivity contribution in [2.24, 2.45) is 0 Å². The first-order chi connectivity index (χ1) is 10.7. The molecule has 0 radical (unpaired) electrons. The van der Waals surface area contributed by atoms with Crippen LogP contribution >= 0.6 is 34.8 Å². The van der Waals surface area contributed by atoms with Gasteiger partial charge in [0.15, 0.2) is 11.6 Å².